The standard InChI is InChI=1S/C87H135ClO8/c1-12-19-22-25-28-31-34-37-40-43-56-90-84-59-74(60-85(91-57-44-41-38-35-32-29-26-23-20-13-2)86(84)92-58-45-42-39-36-33-30-27-24-21-14-3)49-53-77-62-83(96-68-72(11)18-7)79(64-81(77)94-66-70(9)16-5)55-54-78-63-80(93-65-69(8)15-4)76(61-82(78)95-67-71(10)17-6)52-48-73-46-50-75(51-47-73)87(88)89/h46-55,59-64,69-72H,12-45,56-58,65-68H2,1-11H3/b52-48+,53-49+,55-54+/t69-,70-,71-,72-/m0/s1. The number of benzene rings is 4. The summed E-state index contributed by atoms with van der Waals surface area (Å²) in [5, 5.41) is -0.476. The van der Waals surface area contributed by atoms with Crippen LogP contribution in [0.1, 0.15) is 338 Å². The van der Waals surface area contributed by atoms with Crippen molar-refractivity contribution in [3.8, 4) is 40.2 Å². The maximum atomic E-state index is 11.9. The van der Waals surface area contributed by atoms with Crippen LogP contribution in [0.5, 0.6) is 40.2 Å². The average molecular weight is 1340 g/mol. The lowest BCUT2D eigenvalue weighted by Crippen LogP contribution is -2.10. The molecular weight excluding hydrogens is 1210 g/mol. The van der Waals surface area contributed by atoms with Gasteiger partial charge in [0, 0.05) is 27.8 Å². The Hall–Kier alpha value is -5.34. The molecule has 0 N–H and O–H groups in total. The van der Waals surface area contributed by atoms with Crippen LogP contribution in [0.3, 0.4) is 0 Å². The molecule has 0 bridgehead atoms. The first kappa shape index (κ1) is 83.1. The fourth-order valence-corrected chi connectivity index (χ4v) is 11.4. The van der Waals surface area contributed by atoms with Gasteiger partial charge in [0.2, 0.25) is 5.75 Å². The zero-order valence-electron chi connectivity index (χ0n) is 62.7. The van der Waals surface area contributed by atoms with Gasteiger partial charge in [0.25, 0.3) is 5.24 Å². The minimum Gasteiger partial charge on any atom is -0.493 e. The van der Waals surface area contributed by atoms with E-state index >= 15 is 0 Å². The second kappa shape index (κ2) is 52.7. The lowest BCUT2D eigenvalue weighted by molar-refractivity contribution is 0.108. The third-order valence-corrected chi connectivity index (χ3v) is 19.2. The van der Waals surface area contributed by atoms with Crippen molar-refractivity contribution < 1.29 is 38.0 Å². The van der Waals surface area contributed by atoms with Gasteiger partial charge in [-0.1, -0.05) is 324 Å². The van der Waals surface area contributed by atoms with Crippen molar-refractivity contribution in [3.05, 3.63) is 99.6 Å². The summed E-state index contributed by atoms with van der Waals surface area (Å²) in [6.45, 7) is 28.8. The number of hydrogen-bond acceptors (Lipinski definition) is 8. The Morgan fingerprint density at radius 3 is 0.854 bits per heavy atom. The van der Waals surface area contributed by atoms with Crippen molar-refractivity contribution in [2.24, 2.45) is 23.7 Å². The fraction of sp³-hybridized carbons (Fsp3) is 0.644. The number of halogens is 1. The molecule has 4 aromatic rings. The zero-order valence-corrected chi connectivity index (χ0v) is 63.4. The van der Waals surface area contributed by atoms with Crippen LogP contribution in [-0.2, 0) is 0 Å². The van der Waals surface area contributed by atoms with Gasteiger partial charge in [-0.2, -0.15) is 0 Å². The predicted molar refractivity (Wildman–Crippen MR) is 415 cm³/mol. The molecule has 9 heteroatoms. The first-order valence-electron chi connectivity index (χ1n) is 39.1. The SMILES string of the molecule is CCCCCCCCCCCCOc1cc(/C=C/c2cc(OC[C@@H](C)CC)c(/C=C/c3cc(OC[C@@H](C)CC)c(/C=C/c4ccc(C(=O)Cl)cc4)cc3OC[C@@H](C)CC)cc2OC[C@@H](C)CC)cc(OCCCCCCCCCCCC)c1OCCCCCCCCCCCC. The Bertz CT molecular complexity index is 2700. The summed E-state index contributed by atoms with van der Waals surface area (Å²) in [4.78, 5) is 11.9. The lowest BCUT2D eigenvalue weighted by atomic mass is 10.0. The first-order valence-corrected chi connectivity index (χ1v) is 39.5. The van der Waals surface area contributed by atoms with E-state index in [9.17, 15) is 4.79 Å². The van der Waals surface area contributed by atoms with Crippen molar-refractivity contribution in [1.82, 2.24) is 0 Å². The van der Waals surface area contributed by atoms with Gasteiger partial charge in [0.05, 0.1) is 46.2 Å². The summed E-state index contributed by atoms with van der Waals surface area (Å²) >= 11 is 5.80. The molecule has 4 aromatic carbocycles. The summed E-state index contributed by atoms with van der Waals surface area (Å²) in [5.74, 6) is 6.72. The van der Waals surface area contributed by atoms with Crippen molar-refractivity contribution in [3.63, 3.8) is 0 Å². The summed E-state index contributed by atoms with van der Waals surface area (Å²) in [5.41, 5.74) is 6.00. The molecule has 0 unspecified atom stereocenters. The number of unbranched alkanes of at least 4 members (excludes halogenated alkanes) is 27. The van der Waals surface area contributed by atoms with E-state index in [2.05, 4.69) is 143 Å². The number of rotatable bonds is 59. The van der Waals surface area contributed by atoms with Gasteiger partial charge in [0.1, 0.15) is 23.0 Å². The van der Waals surface area contributed by atoms with Gasteiger partial charge >= 0.3 is 0 Å². The van der Waals surface area contributed by atoms with Gasteiger partial charge in [0.15, 0.2) is 11.5 Å². The molecule has 0 fully saturated rings. The summed E-state index contributed by atoms with van der Waals surface area (Å²) in [7, 11) is 0. The average Bonchev–Trinajstić information content (AvgIpc) is 0.839. The molecule has 0 aromatic heterocycles. The van der Waals surface area contributed by atoms with E-state index in [1.54, 1.807) is 12.1 Å². The molecule has 0 aliphatic rings. The van der Waals surface area contributed by atoms with E-state index in [1.165, 1.54) is 154 Å². The smallest absolute Gasteiger partial charge is 0.252 e. The van der Waals surface area contributed by atoms with Gasteiger partial charge in [-0.3, -0.25) is 4.79 Å². The molecule has 96 heavy (non-hydrogen) atoms. The second-order valence-corrected chi connectivity index (χ2v) is 28.3. The third kappa shape index (κ3) is 35.4. The van der Waals surface area contributed by atoms with Crippen LogP contribution in [-0.4, -0.2) is 51.5 Å². The maximum Gasteiger partial charge on any atom is 0.252 e. The second-order valence-electron chi connectivity index (χ2n) is 28.0. The Kier molecular flexibility index (Phi) is 45.6. The number of ether oxygens (including phenoxy) is 7. The van der Waals surface area contributed by atoms with Crippen LogP contribution in [0, 0.1) is 23.7 Å². The molecule has 0 aliphatic carbocycles. The van der Waals surface area contributed by atoms with E-state index in [0.717, 1.165) is 138 Å². The van der Waals surface area contributed by atoms with Crippen LogP contribution < -0.4 is 33.2 Å². The highest BCUT2D eigenvalue weighted by molar-refractivity contribution is 6.67. The molecule has 4 atom stereocenters. The van der Waals surface area contributed by atoms with Gasteiger partial charge in [-0.05, 0) is 114 Å². The molecule has 0 heterocycles. The van der Waals surface area contributed by atoms with E-state index < -0.39 is 5.24 Å². The topological polar surface area (TPSA) is 81.7 Å². The Balaban J connectivity index is 1.82. The van der Waals surface area contributed by atoms with Gasteiger partial charge in [-0.15, -0.1) is 0 Å². The normalized spacial score (nSPS) is 13.0. The van der Waals surface area contributed by atoms with E-state index in [1.807, 2.05) is 18.2 Å². The summed E-state index contributed by atoms with van der Waals surface area (Å²) in [6.07, 6.45) is 54.9. The molecular formula is C87H135ClO8. The third-order valence-electron chi connectivity index (χ3n) is 19.0. The predicted octanol–water partition coefficient (Wildman–Crippen LogP) is 27.2. The van der Waals surface area contributed by atoms with E-state index in [0.29, 0.717) is 75.5 Å². The van der Waals surface area contributed by atoms with Gasteiger partial charge in [-0.25, -0.2) is 0 Å². The first-order chi connectivity index (χ1) is 46.9. The monoisotopic (exact) mass is 1340 g/mol. The highest BCUT2D eigenvalue weighted by atomic mass is 35.5. The van der Waals surface area contributed by atoms with E-state index in [4.69, 9.17) is 44.8 Å². The molecule has 0 amide bonds. The van der Waals surface area contributed by atoms with Crippen molar-refractivity contribution >= 4 is 53.3 Å². The highest BCUT2D eigenvalue weighted by Crippen LogP contribution is 2.42. The Morgan fingerprint density at radius 1 is 0.312 bits per heavy atom. The maximum absolute atomic E-state index is 11.9. The zero-order chi connectivity index (χ0) is 69.2. The Labute approximate surface area is 592 Å². The molecule has 8 nitrogen and oxygen atoms in total. The van der Waals surface area contributed by atoms with Gasteiger partial charge < -0.3 is 33.2 Å². The summed E-state index contributed by atoms with van der Waals surface area (Å²) in [6, 6.07) is 20.1. The van der Waals surface area contributed by atoms with Crippen LogP contribution in [0.4, 0.5) is 0 Å². The van der Waals surface area contributed by atoms with Crippen LogP contribution in [0.2, 0.25) is 0 Å². The molecule has 4 rings (SSSR count). The van der Waals surface area contributed by atoms with E-state index in [-0.39, 0.29) is 0 Å². The minimum atomic E-state index is -0.476. The molecule has 0 saturated carbocycles. The largest absolute Gasteiger partial charge is 0.493 e. The fourth-order valence-electron chi connectivity index (χ4n) is 11.2. The van der Waals surface area contributed by atoms with Crippen LogP contribution >= 0.6 is 11.6 Å². The molecule has 0 saturated heterocycles. The highest BCUT2D eigenvalue weighted by Gasteiger charge is 2.19. The molecule has 0 spiro atoms. The minimum absolute atomic E-state index is 0.345. The van der Waals surface area contributed by atoms with Crippen molar-refractivity contribution in [2.75, 3.05) is 46.2 Å². The van der Waals surface area contributed by atoms with Crippen LogP contribution in [0.15, 0.2) is 60.7 Å². The summed E-state index contributed by atoms with van der Waals surface area (Å²) < 4.78 is 47.8. The van der Waals surface area contributed by atoms with Crippen molar-refractivity contribution in [1.29, 1.82) is 0 Å². The molecule has 538 valence electrons. The lowest BCUT2D eigenvalue weighted by Gasteiger charge is -2.19. The number of hydrogen-bond donors (Lipinski definition) is 0. The van der Waals surface area contributed by atoms with Crippen molar-refractivity contribution in [2.45, 2.75) is 294 Å². The quantitative estimate of drug-likeness (QED) is 0.0246. The Morgan fingerprint density at radius 2 is 0.573 bits per heavy atom. The molecule has 0 aliphatic heterocycles. The molecule has 0 radical (unpaired) electrons. The van der Waals surface area contributed by atoms with Crippen LogP contribution in [0.25, 0.3) is 36.5 Å². The number of carbonyl (C=O) groups is 1. The number of carbonyl (C=O) groups excluding carboxylic acids is 1.